The number of benzene rings is 12. The summed E-state index contributed by atoms with van der Waals surface area (Å²) in [6, 6.07) is 87.7. The van der Waals surface area contributed by atoms with Gasteiger partial charge in [-0.25, -0.2) is 0 Å². The zero-order valence-electron chi connectivity index (χ0n) is 33.9. The zero-order chi connectivity index (χ0) is 40.6. The molecule has 0 nitrogen and oxygen atoms in total. The Balaban J connectivity index is 1.21. The molecular weight excluding hydrogens is 745 g/mol. The van der Waals surface area contributed by atoms with Crippen LogP contribution in [0, 0.1) is 0 Å². The second kappa shape index (κ2) is 12.4. The molecule has 0 aliphatic heterocycles. The number of rotatable bonds is 4. The van der Waals surface area contributed by atoms with Crippen LogP contribution in [-0.4, -0.2) is 0 Å². The van der Waals surface area contributed by atoms with Gasteiger partial charge in [-0.2, -0.15) is 0 Å². The lowest BCUT2D eigenvalue weighted by molar-refractivity contribution is 0.760. The van der Waals surface area contributed by atoms with Crippen molar-refractivity contribution in [3.63, 3.8) is 0 Å². The SMILES string of the molecule is c1ccc(C2(c3ccccc3)c3cc4c(cc3-c3cc5cc6ccccc6cc5cc32)C(c2ccccc2)(c2ccccc2)c2cc3ccc5cccc6ccc(c2-4)c3c56)cc1. The molecule has 0 fully saturated rings. The van der Waals surface area contributed by atoms with E-state index >= 15 is 0 Å². The van der Waals surface area contributed by atoms with Crippen LogP contribution in [0.3, 0.4) is 0 Å². The van der Waals surface area contributed by atoms with E-state index in [1.54, 1.807) is 0 Å². The molecule has 286 valence electrons. The molecule has 0 aromatic heterocycles. The van der Waals surface area contributed by atoms with Crippen molar-refractivity contribution in [3.05, 3.63) is 275 Å². The zero-order valence-corrected chi connectivity index (χ0v) is 33.9. The van der Waals surface area contributed by atoms with Crippen molar-refractivity contribution >= 4 is 53.9 Å². The van der Waals surface area contributed by atoms with Gasteiger partial charge in [0, 0.05) is 0 Å². The van der Waals surface area contributed by atoms with Gasteiger partial charge in [0.2, 0.25) is 0 Å². The first kappa shape index (κ1) is 34.0. The maximum absolute atomic E-state index is 2.63. The van der Waals surface area contributed by atoms with Gasteiger partial charge in [0.1, 0.15) is 0 Å². The fourth-order valence-electron chi connectivity index (χ4n) is 12.2. The van der Waals surface area contributed by atoms with Crippen molar-refractivity contribution < 1.29 is 0 Å². The van der Waals surface area contributed by atoms with Crippen LogP contribution in [-0.2, 0) is 10.8 Å². The van der Waals surface area contributed by atoms with E-state index in [4.69, 9.17) is 0 Å². The fourth-order valence-corrected chi connectivity index (χ4v) is 12.2. The second-order valence-electron chi connectivity index (χ2n) is 17.5. The van der Waals surface area contributed by atoms with E-state index in [0.29, 0.717) is 0 Å². The highest BCUT2D eigenvalue weighted by Crippen LogP contribution is 2.64. The lowest BCUT2D eigenvalue weighted by atomic mass is 9.65. The van der Waals surface area contributed by atoms with E-state index in [0.717, 1.165) is 0 Å². The molecule has 2 aliphatic rings. The molecule has 0 saturated carbocycles. The standard InChI is InChI=1S/C62H38/c1-5-20-46(21-6-1)61(47-22-7-2-8-23-47)54-36-45-33-42-17-14-13-16-41(42)32-44(45)34-51(54)52-37-56-53(38-55(52)61)60-50-31-30-40-19-15-18-39-28-29-43(59(50)58(39)40)35-57(60)62(56,48-24-9-3-10-25-48)49-26-11-4-12-27-49/h1-38H. The first-order valence-corrected chi connectivity index (χ1v) is 21.8. The number of fused-ring (bicyclic) bond motifs is 9. The van der Waals surface area contributed by atoms with E-state index in [9.17, 15) is 0 Å². The van der Waals surface area contributed by atoms with Gasteiger partial charge >= 0.3 is 0 Å². The van der Waals surface area contributed by atoms with Gasteiger partial charge in [-0.1, -0.05) is 188 Å². The molecule has 0 spiro atoms. The molecule has 0 atom stereocenters. The summed E-state index contributed by atoms with van der Waals surface area (Å²) in [6.45, 7) is 0. The minimum absolute atomic E-state index is 0.573. The molecule has 0 radical (unpaired) electrons. The van der Waals surface area contributed by atoms with E-state index < -0.39 is 10.8 Å². The lowest BCUT2D eigenvalue weighted by Crippen LogP contribution is -2.30. The summed E-state index contributed by atoms with van der Waals surface area (Å²) < 4.78 is 0. The van der Waals surface area contributed by atoms with Crippen molar-refractivity contribution in [2.24, 2.45) is 0 Å². The molecule has 0 amide bonds. The Labute approximate surface area is 360 Å². The maximum Gasteiger partial charge on any atom is 0.0714 e. The maximum atomic E-state index is 2.63. The normalized spacial score (nSPS) is 14.4. The van der Waals surface area contributed by atoms with E-state index in [-0.39, 0.29) is 0 Å². The van der Waals surface area contributed by atoms with Crippen molar-refractivity contribution in [2.75, 3.05) is 0 Å². The molecule has 0 bridgehead atoms. The fraction of sp³-hybridized carbons (Fsp3) is 0.0323. The minimum Gasteiger partial charge on any atom is -0.0622 e. The number of hydrogen-bond acceptors (Lipinski definition) is 0. The lowest BCUT2D eigenvalue weighted by Gasteiger charge is -2.35. The van der Waals surface area contributed by atoms with Gasteiger partial charge in [0.25, 0.3) is 0 Å². The van der Waals surface area contributed by atoms with E-state index in [1.807, 2.05) is 0 Å². The van der Waals surface area contributed by atoms with Gasteiger partial charge < -0.3 is 0 Å². The van der Waals surface area contributed by atoms with E-state index in [1.165, 1.54) is 121 Å². The molecule has 0 unspecified atom stereocenters. The molecular formula is C62H38. The van der Waals surface area contributed by atoms with Crippen LogP contribution in [0.2, 0.25) is 0 Å². The van der Waals surface area contributed by atoms with Gasteiger partial charge in [0.15, 0.2) is 0 Å². The van der Waals surface area contributed by atoms with Crippen LogP contribution in [0.5, 0.6) is 0 Å². The average Bonchev–Trinajstić information content (AvgIpc) is 3.78. The monoisotopic (exact) mass is 782 g/mol. The van der Waals surface area contributed by atoms with Crippen LogP contribution in [0.1, 0.15) is 44.5 Å². The van der Waals surface area contributed by atoms with Crippen molar-refractivity contribution in [3.8, 4) is 22.3 Å². The minimum atomic E-state index is -0.579. The second-order valence-corrected chi connectivity index (χ2v) is 17.5. The van der Waals surface area contributed by atoms with Crippen LogP contribution in [0.15, 0.2) is 231 Å². The highest BCUT2D eigenvalue weighted by atomic mass is 14.5. The molecule has 12 aromatic carbocycles. The Morgan fingerprint density at radius 1 is 0.226 bits per heavy atom. The summed E-state index contributed by atoms with van der Waals surface area (Å²) in [7, 11) is 0. The highest BCUT2D eigenvalue weighted by Gasteiger charge is 2.52. The van der Waals surface area contributed by atoms with Crippen LogP contribution in [0.25, 0.3) is 76.1 Å². The summed E-state index contributed by atoms with van der Waals surface area (Å²) in [6.07, 6.45) is 0. The predicted octanol–water partition coefficient (Wildman–Crippen LogP) is 15.6. The van der Waals surface area contributed by atoms with Crippen molar-refractivity contribution in [1.82, 2.24) is 0 Å². The first-order chi connectivity index (χ1) is 30.7. The summed E-state index contributed by atoms with van der Waals surface area (Å²) in [4.78, 5) is 0. The highest BCUT2D eigenvalue weighted by molar-refractivity contribution is 6.27. The molecule has 0 N–H and O–H groups in total. The third-order valence-electron chi connectivity index (χ3n) is 14.6. The molecule has 0 heterocycles. The summed E-state index contributed by atoms with van der Waals surface area (Å²) in [5.74, 6) is 0. The van der Waals surface area contributed by atoms with Crippen molar-refractivity contribution in [1.29, 1.82) is 0 Å². The Hall–Kier alpha value is -7.80. The third-order valence-corrected chi connectivity index (χ3v) is 14.6. The number of hydrogen-bond donors (Lipinski definition) is 0. The summed E-state index contributed by atoms with van der Waals surface area (Å²) in [5.41, 5.74) is 14.5. The Kier molecular flexibility index (Phi) is 6.78. The van der Waals surface area contributed by atoms with Gasteiger partial charge in [0.05, 0.1) is 10.8 Å². The Morgan fingerprint density at radius 2 is 0.629 bits per heavy atom. The smallest absolute Gasteiger partial charge is 0.0622 e. The summed E-state index contributed by atoms with van der Waals surface area (Å²) >= 11 is 0. The molecule has 0 heteroatoms. The van der Waals surface area contributed by atoms with Crippen LogP contribution in [0.4, 0.5) is 0 Å². The van der Waals surface area contributed by atoms with Gasteiger partial charge in [-0.05, 0) is 163 Å². The molecule has 2 aliphatic carbocycles. The van der Waals surface area contributed by atoms with Crippen molar-refractivity contribution in [2.45, 2.75) is 10.8 Å². The molecule has 62 heavy (non-hydrogen) atoms. The molecule has 0 saturated heterocycles. The Bertz CT molecular complexity index is 3670. The Morgan fingerprint density at radius 3 is 1.21 bits per heavy atom. The van der Waals surface area contributed by atoms with Gasteiger partial charge in [-0.3, -0.25) is 0 Å². The molecule has 12 aromatic rings. The topological polar surface area (TPSA) is 0 Å². The largest absolute Gasteiger partial charge is 0.0714 e. The predicted molar refractivity (Wildman–Crippen MR) is 260 cm³/mol. The third kappa shape index (κ3) is 4.26. The quantitative estimate of drug-likeness (QED) is 0.123. The van der Waals surface area contributed by atoms with Crippen LogP contribution >= 0.6 is 0 Å². The molecule has 14 rings (SSSR count). The average molecular weight is 783 g/mol. The first-order valence-electron chi connectivity index (χ1n) is 21.8. The summed E-state index contributed by atoms with van der Waals surface area (Å²) in [5, 5.41) is 12.9. The van der Waals surface area contributed by atoms with E-state index in [2.05, 4.69) is 231 Å². The van der Waals surface area contributed by atoms with Gasteiger partial charge in [-0.15, -0.1) is 0 Å². The van der Waals surface area contributed by atoms with Crippen LogP contribution < -0.4 is 0 Å².